The van der Waals surface area contributed by atoms with Crippen LogP contribution in [-0.2, 0) is 9.47 Å². The standard InChI is InChI=1S/C16H33N3O2/c1-4-16(8-5-6-9-16)14-19-15(17-2)18-10-7-11-21-13-12-20-3/h4-14H2,1-3H3,(H2,17,18,19). The van der Waals surface area contributed by atoms with Crippen LogP contribution in [0.4, 0.5) is 0 Å². The molecule has 1 aliphatic carbocycles. The number of hydrogen-bond acceptors (Lipinski definition) is 3. The van der Waals surface area contributed by atoms with Crippen molar-refractivity contribution in [3.05, 3.63) is 0 Å². The van der Waals surface area contributed by atoms with Crippen LogP contribution in [0.15, 0.2) is 4.99 Å². The number of nitrogens with one attached hydrogen (secondary N) is 2. The van der Waals surface area contributed by atoms with Gasteiger partial charge in [-0.05, 0) is 31.1 Å². The smallest absolute Gasteiger partial charge is 0.190 e. The third-order valence-electron chi connectivity index (χ3n) is 4.46. The van der Waals surface area contributed by atoms with Crippen LogP contribution in [-0.4, -0.2) is 53.0 Å². The topological polar surface area (TPSA) is 54.9 Å². The number of ether oxygens (including phenoxy) is 2. The van der Waals surface area contributed by atoms with Crippen LogP contribution in [0.3, 0.4) is 0 Å². The van der Waals surface area contributed by atoms with Gasteiger partial charge in [0.15, 0.2) is 5.96 Å². The van der Waals surface area contributed by atoms with E-state index in [0.717, 1.165) is 32.1 Å². The molecule has 0 spiro atoms. The number of guanidine groups is 1. The Morgan fingerprint density at radius 3 is 2.52 bits per heavy atom. The van der Waals surface area contributed by atoms with Crippen molar-refractivity contribution in [3.8, 4) is 0 Å². The van der Waals surface area contributed by atoms with Crippen LogP contribution >= 0.6 is 0 Å². The van der Waals surface area contributed by atoms with Gasteiger partial charge in [-0.2, -0.15) is 0 Å². The van der Waals surface area contributed by atoms with Crippen LogP contribution in [0.1, 0.15) is 45.4 Å². The molecule has 5 nitrogen and oxygen atoms in total. The minimum Gasteiger partial charge on any atom is -0.382 e. The molecule has 0 atom stereocenters. The van der Waals surface area contributed by atoms with Gasteiger partial charge < -0.3 is 20.1 Å². The number of methoxy groups -OCH3 is 1. The summed E-state index contributed by atoms with van der Waals surface area (Å²) >= 11 is 0. The van der Waals surface area contributed by atoms with Crippen molar-refractivity contribution in [2.45, 2.75) is 45.4 Å². The van der Waals surface area contributed by atoms with Crippen LogP contribution in [0.5, 0.6) is 0 Å². The first kappa shape index (κ1) is 18.2. The first-order valence-corrected chi connectivity index (χ1v) is 8.27. The molecule has 0 unspecified atom stereocenters. The Morgan fingerprint density at radius 2 is 1.90 bits per heavy atom. The Bertz CT molecular complexity index is 289. The molecule has 0 saturated heterocycles. The van der Waals surface area contributed by atoms with Gasteiger partial charge in [-0.25, -0.2) is 0 Å². The molecule has 1 saturated carbocycles. The van der Waals surface area contributed by atoms with Gasteiger partial charge in [0.2, 0.25) is 0 Å². The molecule has 5 heteroatoms. The summed E-state index contributed by atoms with van der Waals surface area (Å²) in [6.07, 6.45) is 7.68. The second-order valence-corrected chi connectivity index (χ2v) is 5.87. The molecule has 124 valence electrons. The Balaban J connectivity index is 2.12. The highest BCUT2D eigenvalue weighted by Gasteiger charge is 2.31. The molecule has 1 aliphatic rings. The van der Waals surface area contributed by atoms with Crippen molar-refractivity contribution < 1.29 is 9.47 Å². The lowest BCUT2D eigenvalue weighted by Gasteiger charge is -2.28. The van der Waals surface area contributed by atoms with Crippen molar-refractivity contribution in [3.63, 3.8) is 0 Å². The fraction of sp³-hybridized carbons (Fsp3) is 0.938. The molecule has 0 aromatic rings. The zero-order valence-corrected chi connectivity index (χ0v) is 14.0. The molecule has 0 aromatic heterocycles. The summed E-state index contributed by atoms with van der Waals surface area (Å²) in [5, 5.41) is 6.85. The van der Waals surface area contributed by atoms with E-state index in [1.165, 1.54) is 32.1 Å². The summed E-state index contributed by atoms with van der Waals surface area (Å²) in [5.74, 6) is 0.909. The summed E-state index contributed by atoms with van der Waals surface area (Å²) in [7, 11) is 3.52. The molecule has 2 N–H and O–H groups in total. The SMILES string of the molecule is CCC1(CNC(=NC)NCCCOCCOC)CCCC1. The minimum atomic E-state index is 0.487. The molecule has 0 bridgehead atoms. The molecule has 21 heavy (non-hydrogen) atoms. The number of aliphatic imine (C=N–C) groups is 1. The molecule has 0 aromatic carbocycles. The fourth-order valence-corrected chi connectivity index (χ4v) is 2.90. The summed E-state index contributed by atoms with van der Waals surface area (Å²) in [6, 6.07) is 0. The maximum absolute atomic E-state index is 5.44. The normalized spacial score (nSPS) is 18.0. The molecule has 0 aliphatic heterocycles. The van der Waals surface area contributed by atoms with E-state index < -0.39 is 0 Å². The lowest BCUT2D eigenvalue weighted by atomic mass is 9.83. The van der Waals surface area contributed by atoms with Crippen molar-refractivity contribution in [2.24, 2.45) is 10.4 Å². The van der Waals surface area contributed by atoms with E-state index in [4.69, 9.17) is 9.47 Å². The molecule has 0 radical (unpaired) electrons. The zero-order chi connectivity index (χ0) is 15.4. The van der Waals surface area contributed by atoms with Gasteiger partial charge in [-0.15, -0.1) is 0 Å². The van der Waals surface area contributed by atoms with Crippen molar-refractivity contribution in [2.75, 3.05) is 47.1 Å². The van der Waals surface area contributed by atoms with Gasteiger partial charge in [-0.1, -0.05) is 19.8 Å². The van der Waals surface area contributed by atoms with E-state index in [9.17, 15) is 0 Å². The van der Waals surface area contributed by atoms with Gasteiger partial charge >= 0.3 is 0 Å². The van der Waals surface area contributed by atoms with E-state index >= 15 is 0 Å². The highest BCUT2D eigenvalue weighted by molar-refractivity contribution is 5.79. The summed E-state index contributed by atoms with van der Waals surface area (Å²) in [5.41, 5.74) is 0.487. The van der Waals surface area contributed by atoms with E-state index in [1.807, 2.05) is 7.05 Å². The van der Waals surface area contributed by atoms with Crippen molar-refractivity contribution in [1.29, 1.82) is 0 Å². The maximum Gasteiger partial charge on any atom is 0.190 e. The van der Waals surface area contributed by atoms with Gasteiger partial charge in [0, 0.05) is 33.9 Å². The second-order valence-electron chi connectivity index (χ2n) is 5.87. The number of rotatable bonds is 10. The predicted molar refractivity (Wildman–Crippen MR) is 87.9 cm³/mol. The van der Waals surface area contributed by atoms with E-state index in [2.05, 4.69) is 22.5 Å². The largest absolute Gasteiger partial charge is 0.382 e. The molecule has 1 fully saturated rings. The van der Waals surface area contributed by atoms with Gasteiger partial charge in [0.1, 0.15) is 0 Å². The third kappa shape index (κ3) is 7.14. The fourth-order valence-electron chi connectivity index (χ4n) is 2.90. The second kappa shape index (κ2) is 10.9. The summed E-state index contributed by atoms with van der Waals surface area (Å²) < 4.78 is 10.4. The zero-order valence-electron chi connectivity index (χ0n) is 14.0. The van der Waals surface area contributed by atoms with E-state index in [0.29, 0.717) is 18.6 Å². The first-order chi connectivity index (χ1) is 10.3. The summed E-state index contributed by atoms with van der Waals surface area (Å²) in [4.78, 5) is 4.30. The molecule has 1 rings (SSSR count). The van der Waals surface area contributed by atoms with Crippen molar-refractivity contribution in [1.82, 2.24) is 10.6 Å². The van der Waals surface area contributed by atoms with E-state index in [-0.39, 0.29) is 0 Å². The molecular formula is C16H33N3O2. The number of nitrogens with zero attached hydrogens (tertiary/aromatic N) is 1. The average Bonchev–Trinajstić information content (AvgIpc) is 2.99. The first-order valence-electron chi connectivity index (χ1n) is 8.27. The Hall–Kier alpha value is -0.810. The van der Waals surface area contributed by atoms with Crippen LogP contribution in [0, 0.1) is 5.41 Å². The predicted octanol–water partition coefficient (Wildman–Crippen LogP) is 2.17. The Labute approximate surface area is 129 Å². The van der Waals surface area contributed by atoms with Crippen LogP contribution < -0.4 is 10.6 Å². The van der Waals surface area contributed by atoms with Gasteiger partial charge in [0.05, 0.1) is 13.2 Å². The van der Waals surface area contributed by atoms with Crippen LogP contribution in [0.2, 0.25) is 0 Å². The van der Waals surface area contributed by atoms with Crippen LogP contribution in [0.25, 0.3) is 0 Å². The van der Waals surface area contributed by atoms with E-state index in [1.54, 1.807) is 7.11 Å². The maximum atomic E-state index is 5.44. The highest BCUT2D eigenvalue weighted by Crippen LogP contribution is 2.40. The molecule has 0 amide bonds. The lowest BCUT2D eigenvalue weighted by molar-refractivity contribution is 0.0698. The van der Waals surface area contributed by atoms with Crippen molar-refractivity contribution >= 4 is 5.96 Å². The van der Waals surface area contributed by atoms with Gasteiger partial charge in [-0.3, -0.25) is 4.99 Å². The Kier molecular flexibility index (Phi) is 9.42. The molecular weight excluding hydrogens is 266 g/mol. The number of hydrogen-bond donors (Lipinski definition) is 2. The summed E-state index contributed by atoms with van der Waals surface area (Å²) in [6.45, 7) is 6.31. The van der Waals surface area contributed by atoms with Gasteiger partial charge in [0.25, 0.3) is 0 Å². The Morgan fingerprint density at radius 1 is 1.14 bits per heavy atom. The molecule has 0 heterocycles. The highest BCUT2D eigenvalue weighted by atomic mass is 16.5. The minimum absolute atomic E-state index is 0.487. The lowest BCUT2D eigenvalue weighted by Crippen LogP contribution is -2.43. The average molecular weight is 299 g/mol. The monoisotopic (exact) mass is 299 g/mol. The third-order valence-corrected chi connectivity index (χ3v) is 4.46. The quantitative estimate of drug-likeness (QED) is 0.369.